The summed E-state index contributed by atoms with van der Waals surface area (Å²) in [5, 5.41) is 12.7. The van der Waals surface area contributed by atoms with Gasteiger partial charge in [0, 0.05) is 23.1 Å². The highest BCUT2D eigenvalue weighted by Crippen LogP contribution is 2.34. The third-order valence-electron chi connectivity index (χ3n) is 5.47. The first-order valence-corrected chi connectivity index (χ1v) is 10.5. The zero-order valence-electron chi connectivity index (χ0n) is 19.5. The van der Waals surface area contributed by atoms with Crippen molar-refractivity contribution in [2.75, 3.05) is 21.3 Å². The molecule has 4 aromatic rings. The van der Waals surface area contributed by atoms with Crippen LogP contribution < -0.4 is 19.6 Å². The highest BCUT2D eigenvalue weighted by Gasteiger charge is 2.14. The number of nitrogens with zero attached hydrogens (tertiary/aromatic N) is 2. The Hall–Kier alpha value is -4.33. The molecule has 0 N–H and O–H groups in total. The van der Waals surface area contributed by atoms with Crippen molar-refractivity contribution in [3.63, 3.8) is 0 Å². The Labute approximate surface area is 196 Å². The topological polar surface area (TPSA) is 96.3 Å². The zero-order valence-corrected chi connectivity index (χ0v) is 19.5. The Bertz CT molecular complexity index is 1470. The number of hydrogen-bond acceptors (Lipinski definition) is 7. The lowest BCUT2D eigenvalue weighted by Crippen LogP contribution is -2.06. The molecule has 0 saturated heterocycles. The van der Waals surface area contributed by atoms with E-state index in [4.69, 9.17) is 23.6 Å². The van der Waals surface area contributed by atoms with Gasteiger partial charge in [-0.05, 0) is 55.3 Å². The van der Waals surface area contributed by atoms with Crippen molar-refractivity contribution in [1.82, 2.24) is 0 Å². The predicted molar refractivity (Wildman–Crippen MR) is 129 cm³/mol. The van der Waals surface area contributed by atoms with E-state index >= 15 is 0 Å². The van der Waals surface area contributed by atoms with Crippen LogP contribution >= 0.6 is 0 Å². The monoisotopic (exact) mass is 460 g/mol. The van der Waals surface area contributed by atoms with Crippen molar-refractivity contribution in [1.29, 1.82) is 0 Å². The molecule has 0 aliphatic rings. The molecule has 0 unspecified atom stereocenters. The average Bonchev–Trinajstić information content (AvgIpc) is 2.82. The lowest BCUT2D eigenvalue weighted by Gasteiger charge is -2.11. The van der Waals surface area contributed by atoms with Gasteiger partial charge in [0.1, 0.15) is 17.0 Å². The molecule has 8 nitrogen and oxygen atoms in total. The van der Waals surface area contributed by atoms with E-state index in [-0.39, 0.29) is 5.69 Å². The second-order valence-electron chi connectivity index (χ2n) is 7.75. The van der Waals surface area contributed by atoms with Gasteiger partial charge in [0.05, 0.1) is 37.7 Å². The molecular formula is C26H24N2O6. The van der Waals surface area contributed by atoms with Gasteiger partial charge in [-0.3, -0.25) is 10.1 Å². The zero-order chi connectivity index (χ0) is 24.4. The van der Waals surface area contributed by atoms with E-state index in [1.54, 1.807) is 20.3 Å². The van der Waals surface area contributed by atoms with Gasteiger partial charge in [0.25, 0.3) is 5.69 Å². The lowest BCUT2D eigenvalue weighted by molar-refractivity contribution is -0.384. The molecule has 0 aliphatic carbocycles. The van der Waals surface area contributed by atoms with Crippen LogP contribution in [0.15, 0.2) is 64.0 Å². The van der Waals surface area contributed by atoms with Crippen LogP contribution in [-0.4, -0.2) is 26.3 Å². The van der Waals surface area contributed by atoms with Gasteiger partial charge in [-0.1, -0.05) is 6.07 Å². The molecule has 0 atom stereocenters. The molecule has 0 spiro atoms. The highest BCUT2D eigenvalue weighted by molar-refractivity contribution is 5.83. The number of benzene rings is 3. The Kier molecular flexibility index (Phi) is 6.23. The summed E-state index contributed by atoms with van der Waals surface area (Å²) >= 11 is 0. The molecule has 174 valence electrons. The van der Waals surface area contributed by atoms with E-state index in [0.29, 0.717) is 39.6 Å². The van der Waals surface area contributed by atoms with Gasteiger partial charge in [0.2, 0.25) is 0 Å². The fourth-order valence-corrected chi connectivity index (χ4v) is 3.90. The maximum atomic E-state index is 11.2. The fourth-order valence-electron chi connectivity index (χ4n) is 3.90. The number of rotatable bonds is 6. The van der Waals surface area contributed by atoms with Crippen molar-refractivity contribution in [2.45, 2.75) is 13.8 Å². The Morgan fingerprint density at radius 1 is 0.853 bits per heavy atom. The summed E-state index contributed by atoms with van der Waals surface area (Å²) < 4.78 is 22.5. The molecule has 0 fully saturated rings. The van der Waals surface area contributed by atoms with E-state index in [1.807, 2.05) is 44.2 Å². The minimum atomic E-state index is -0.467. The molecule has 0 radical (unpaired) electrons. The standard InChI is InChI=1S/C26H24N2O6/c1-15-10-16(2)26-20(27-19-8-7-18(28(29)30)13-23(19)32-4)14-22(34-25(26)11-15)17-6-9-21(31-3)24(12-17)33-5/h6-14H,1-5H3. The highest BCUT2D eigenvalue weighted by atomic mass is 16.6. The van der Waals surface area contributed by atoms with Crippen LogP contribution in [0.1, 0.15) is 11.1 Å². The van der Waals surface area contributed by atoms with Gasteiger partial charge >= 0.3 is 0 Å². The summed E-state index contributed by atoms with van der Waals surface area (Å²) in [6, 6.07) is 15.7. The third kappa shape index (κ3) is 4.30. The molecule has 1 heterocycles. The number of fused-ring (bicyclic) bond motifs is 1. The third-order valence-corrected chi connectivity index (χ3v) is 5.47. The largest absolute Gasteiger partial charge is 0.494 e. The number of hydrogen-bond donors (Lipinski definition) is 0. The first-order chi connectivity index (χ1) is 16.3. The molecule has 8 heteroatoms. The minimum absolute atomic E-state index is 0.0680. The summed E-state index contributed by atoms with van der Waals surface area (Å²) in [5.41, 5.74) is 3.91. The Morgan fingerprint density at radius 3 is 2.26 bits per heavy atom. The van der Waals surface area contributed by atoms with Gasteiger partial charge < -0.3 is 18.6 Å². The number of non-ortho nitro benzene ring substituents is 1. The van der Waals surface area contributed by atoms with Crippen LogP contribution in [0.4, 0.5) is 11.4 Å². The van der Waals surface area contributed by atoms with E-state index in [1.165, 1.54) is 19.2 Å². The van der Waals surface area contributed by atoms with E-state index in [0.717, 1.165) is 22.1 Å². The molecule has 1 aromatic heterocycles. The van der Waals surface area contributed by atoms with E-state index < -0.39 is 4.92 Å². The van der Waals surface area contributed by atoms with Crippen LogP contribution in [0.25, 0.3) is 22.3 Å². The van der Waals surface area contributed by atoms with E-state index in [9.17, 15) is 10.1 Å². The first-order valence-electron chi connectivity index (χ1n) is 10.5. The molecular weight excluding hydrogens is 436 g/mol. The van der Waals surface area contributed by atoms with Crippen molar-refractivity contribution < 1.29 is 23.6 Å². The Morgan fingerprint density at radius 2 is 1.59 bits per heavy atom. The van der Waals surface area contributed by atoms with Gasteiger partial charge in [-0.2, -0.15) is 0 Å². The molecule has 0 saturated carbocycles. The molecule has 4 rings (SSSR count). The van der Waals surface area contributed by atoms with Gasteiger partial charge in [-0.25, -0.2) is 4.99 Å². The summed E-state index contributed by atoms with van der Waals surface area (Å²) in [6.07, 6.45) is 0. The number of methoxy groups -OCH3 is 3. The summed E-state index contributed by atoms with van der Waals surface area (Å²) in [4.78, 5) is 15.5. The van der Waals surface area contributed by atoms with Crippen LogP contribution in [0, 0.1) is 24.0 Å². The van der Waals surface area contributed by atoms with Crippen LogP contribution in [0.2, 0.25) is 0 Å². The molecule has 3 aromatic carbocycles. The first kappa shape index (κ1) is 22.8. The SMILES string of the molecule is COc1cc([N+](=O)[O-])ccc1N=c1cc(-c2ccc(OC)c(OC)c2)oc2cc(C)cc(C)c12. The van der Waals surface area contributed by atoms with Crippen LogP contribution in [0.5, 0.6) is 17.2 Å². The normalized spacial score (nSPS) is 11.5. The maximum absolute atomic E-state index is 11.2. The van der Waals surface area contributed by atoms with Crippen LogP contribution in [-0.2, 0) is 0 Å². The number of nitro benzene ring substituents is 1. The maximum Gasteiger partial charge on any atom is 0.273 e. The molecule has 34 heavy (non-hydrogen) atoms. The number of aryl methyl sites for hydroxylation is 2. The van der Waals surface area contributed by atoms with Gasteiger partial charge in [0.15, 0.2) is 17.2 Å². The fraction of sp³-hybridized carbons (Fsp3) is 0.192. The van der Waals surface area contributed by atoms with Crippen LogP contribution in [0.3, 0.4) is 0 Å². The average molecular weight is 460 g/mol. The van der Waals surface area contributed by atoms with Gasteiger partial charge in [-0.15, -0.1) is 0 Å². The quantitative estimate of drug-likeness (QED) is 0.263. The summed E-state index contributed by atoms with van der Waals surface area (Å²) in [7, 11) is 4.62. The summed E-state index contributed by atoms with van der Waals surface area (Å²) in [5.74, 6) is 2.07. The van der Waals surface area contributed by atoms with E-state index in [2.05, 4.69) is 6.07 Å². The number of nitro groups is 1. The lowest BCUT2D eigenvalue weighted by atomic mass is 10.0. The molecule has 0 bridgehead atoms. The predicted octanol–water partition coefficient (Wildman–Crippen LogP) is 5.88. The summed E-state index contributed by atoms with van der Waals surface area (Å²) in [6.45, 7) is 3.99. The second kappa shape index (κ2) is 9.27. The smallest absolute Gasteiger partial charge is 0.273 e. The van der Waals surface area contributed by atoms with Crippen molar-refractivity contribution >= 4 is 22.3 Å². The minimum Gasteiger partial charge on any atom is -0.494 e. The second-order valence-corrected chi connectivity index (χ2v) is 7.75. The number of ether oxygens (including phenoxy) is 3. The molecule has 0 aliphatic heterocycles. The Balaban J connectivity index is 2.01. The van der Waals surface area contributed by atoms with Crippen molar-refractivity contribution in [2.24, 2.45) is 4.99 Å². The van der Waals surface area contributed by atoms with Crippen molar-refractivity contribution in [3.8, 4) is 28.6 Å². The van der Waals surface area contributed by atoms with Crippen molar-refractivity contribution in [3.05, 3.63) is 81.2 Å². The molecule has 0 amide bonds.